The van der Waals surface area contributed by atoms with Gasteiger partial charge in [0.25, 0.3) is 5.91 Å². The Morgan fingerprint density at radius 2 is 1.75 bits per heavy atom. The standard InChI is InChI=1S/C28H31Cl3N4O/c1-18-15-25(24(31)17-23(18)30)35-27-20(16-19-9-11-21(29)12-10-19)7-3-4-8-22(27)26(32-35)28(36)33-34-13-5-2-6-14-34/h9-12,15,17,20H,2-8,13-14,16H2,1H3,(H,33,36). The van der Waals surface area contributed by atoms with Crippen molar-refractivity contribution in [1.82, 2.24) is 20.2 Å². The number of aryl methyl sites for hydroxylation is 1. The smallest absolute Gasteiger partial charge is 0.283 e. The molecule has 1 N–H and O–H groups in total. The van der Waals surface area contributed by atoms with Crippen molar-refractivity contribution >= 4 is 40.7 Å². The highest BCUT2D eigenvalue weighted by Gasteiger charge is 2.32. The third kappa shape index (κ3) is 5.45. The van der Waals surface area contributed by atoms with E-state index in [1.807, 2.05) is 34.8 Å². The van der Waals surface area contributed by atoms with E-state index in [0.29, 0.717) is 15.7 Å². The molecule has 8 heteroatoms. The Hall–Kier alpha value is -2.05. The summed E-state index contributed by atoms with van der Waals surface area (Å²) in [6.07, 6.45) is 8.18. The Morgan fingerprint density at radius 3 is 2.50 bits per heavy atom. The summed E-state index contributed by atoms with van der Waals surface area (Å²) in [5.74, 6) is 0.0561. The van der Waals surface area contributed by atoms with Gasteiger partial charge in [-0.1, -0.05) is 59.8 Å². The molecule has 0 bridgehead atoms. The van der Waals surface area contributed by atoms with Crippen LogP contribution in [0.25, 0.3) is 5.69 Å². The maximum absolute atomic E-state index is 13.6. The van der Waals surface area contributed by atoms with Crippen molar-refractivity contribution in [3.63, 3.8) is 0 Å². The first-order valence-electron chi connectivity index (χ1n) is 12.8. The Labute approximate surface area is 227 Å². The molecule has 36 heavy (non-hydrogen) atoms. The zero-order valence-corrected chi connectivity index (χ0v) is 22.8. The average Bonchev–Trinajstić information content (AvgIpc) is 3.12. The summed E-state index contributed by atoms with van der Waals surface area (Å²) >= 11 is 19.2. The Morgan fingerprint density at radius 1 is 1.00 bits per heavy atom. The normalized spacial score (nSPS) is 18.5. The molecule has 0 saturated carbocycles. The largest absolute Gasteiger partial charge is 0.286 e. The molecule has 2 aromatic carbocycles. The monoisotopic (exact) mass is 544 g/mol. The summed E-state index contributed by atoms with van der Waals surface area (Å²) in [6.45, 7) is 3.70. The van der Waals surface area contributed by atoms with Crippen LogP contribution in [-0.2, 0) is 12.8 Å². The second-order valence-corrected chi connectivity index (χ2v) is 11.2. The van der Waals surface area contributed by atoms with Crippen molar-refractivity contribution in [2.45, 2.75) is 64.2 Å². The van der Waals surface area contributed by atoms with E-state index in [1.54, 1.807) is 6.07 Å². The maximum Gasteiger partial charge on any atom is 0.286 e. The number of nitrogens with one attached hydrogen (secondary N) is 1. The molecule has 1 fully saturated rings. The molecule has 1 amide bonds. The van der Waals surface area contributed by atoms with Gasteiger partial charge in [-0.25, -0.2) is 9.69 Å². The van der Waals surface area contributed by atoms with Gasteiger partial charge in [-0.05, 0) is 80.8 Å². The number of carbonyl (C=O) groups excluding carboxylic acids is 1. The lowest BCUT2D eigenvalue weighted by Crippen LogP contribution is -2.45. The van der Waals surface area contributed by atoms with E-state index in [-0.39, 0.29) is 11.8 Å². The van der Waals surface area contributed by atoms with Crippen LogP contribution in [-0.4, -0.2) is 33.8 Å². The van der Waals surface area contributed by atoms with Crippen LogP contribution >= 0.6 is 34.8 Å². The number of fused-ring (bicyclic) bond motifs is 1. The van der Waals surface area contributed by atoms with Gasteiger partial charge in [0.15, 0.2) is 5.69 Å². The van der Waals surface area contributed by atoms with Crippen LogP contribution in [0, 0.1) is 6.92 Å². The lowest BCUT2D eigenvalue weighted by atomic mass is 9.91. The van der Waals surface area contributed by atoms with Gasteiger partial charge in [0.1, 0.15) is 0 Å². The van der Waals surface area contributed by atoms with Gasteiger partial charge in [0.05, 0.1) is 16.4 Å². The molecule has 5 rings (SSSR count). The van der Waals surface area contributed by atoms with Crippen LogP contribution in [0.1, 0.15) is 77.3 Å². The molecule has 1 aliphatic carbocycles. The maximum atomic E-state index is 13.6. The number of amides is 1. The molecule has 1 saturated heterocycles. The number of aromatic nitrogens is 2. The van der Waals surface area contributed by atoms with E-state index in [9.17, 15) is 4.79 Å². The number of hydrazine groups is 1. The van der Waals surface area contributed by atoms with Crippen LogP contribution in [0.5, 0.6) is 0 Å². The number of hydrogen-bond donors (Lipinski definition) is 1. The van der Waals surface area contributed by atoms with E-state index in [4.69, 9.17) is 39.9 Å². The Balaban J connectivity index is 1.60. The van der Waals surface area contributed by atoms with E-state index >= 15 is 0 Å². The number of hydrogen-bond acceptors (Lipinski definition) is 3. The van der Waals surface area contributed by atoms with Gasteiger partial charge in [0.2, 0.25) is 0 Å². The predicted octanol–water partition coefficient (Wildman–Crippen LogP) is 7.32. The van der Waals surface area contributed by atoms with E-state index in [0.717, 1.165) is 85.6 Å². The first-order chi connectivity index (χ1) is 17.4. The Bertz CT molecular complexity index is 1250. The fraction of sp³-hybridized carbons (Fsp3) is 0.429. The highest BCUT2D eigenvalue weighted by molar-refractivity contribution is 6.36. The van der Waals surface area contributed by atoms with Crippen LogP contribution in [0.4, 0.5) is 0 Å². The minimum absolute atomic E-state index is 0.138. The highest BCUT2D eigenvalue weighted by atomic mass is 35.5. The summed E-state index contributed by atoms with van der Waals surface area (Å²) in [5.41, 5.74) is 8.63. The molecule has 1 aliphatic heterocycles. The number of piperidine rings is 1. The topological polar surface area (TPSA) is 50.2 Å². The summed E-state index contributed by atoms with van der Waals surface area (Å²) in [6, 6.07) is 11.8. The van der Waals surface area contributed by atoms with Crippen molar-refractivity contribution in [3.8, 4) is 5.69 Å². The summed E-state index contributed by atoms with van der Waals surface area (Å²) < 4.78 is 1.91. The molecule has 190 valence electrons. The van der Waals surface area contributed by atoms with Gasteiger partial charge in [-0.3, -0.25) is 10.2 Å². The van der Waals surface area contributed by atoms with Crippen LogP contribution in [0.15, 0.2) is 36.4 Å². The molecule has 5 nitrogen and oxygen atoms in total. The minimum Gasteiger partial charge on any atom is -0.283 e. The fourth-order valence-corrected chi connectivity index (χ4v) is 6.02. The van der Waals surface area contributed by atoms with E-state index in [2.05, 4.69) is 17.6 Å². The summed E-state index contributed by atoms with van der Waals surface area (Å²) in [5, 5.41) is 8.83. The average molecular weight is 546 g/mol. The summed E-state index contributed by atoms with van der Waals surface area (Å²) in [7, 11) is 0. The molecule has 2 aliphatic rings. The first kappa shape index (κ1) is 25.6. The van der Waals surface area contributed by atoms with Gasteiger partial charge < -0.3 is 0 Å². The Kier molecular flexibility index (Phi) is 7.92. The number of halogens is 3. The van der Waals surface area contributed by atoms with Crippen molar-refractivity contribution < 1.29 is 4.79 Å². The van der Waals surface area contributed by atoms with Crippen LogP contribution in [0.3, 0.4) is 0 Å². The molecular formula is C28H31Cl3N4O. The van der Waals surface area contributed by atoms with Gasteiger partial charge >= 0.3 is 0 Å². The molecule has 0 spiro atoms. The zero-order chi connectivity index (χ0) is 25.2. The van der Waals surface area contributed by atoms with Crippen molar-refractivity contribution in [2.75, 3.05) is 13.1 Å². The number of rotatable bonds is 5. The highest BCUT2D eigenvalue weighted by Crippen LogP contribution is 2.38. The van der Waals surface area contributed by atoms with Gasteiger partial charge in [0, 0.05) is 34.6 Å². The third-order valence-electron chi connectivity index (χ3n) is 7.32. The lowest BCUT2D eigenvalue weighted by molar-refractivity contribution is 0.0743. The predicted molar refractivity (Wildman–Crippen MR) is 147 cm³/mol. The fourth-order valence-electron chi connectivity index (χ4n) is 5.43. The number of nitrogens with zero attached hydrogens (tertiary/aromatic N) is 3. The summed E-state index contributed by atoms with van der Waals surface area (Å²) in [4.78, 5) is 13.6. The third-order valence-corrected chi connectivity index (χ3v) is 8.28. The molecule has 2 heterocycles. The second kappa shape index (κ2) is 11.1. The minimum atomic E-state index is -0.138. The van der Waals surface area contributed by atoms with Crippen LogP contribution in [0.2, 0.25) is 15.1 Å². The lowest BCUT2D eigenvalue weighted by Gasteiger charge is -2.26. The zero-order valence-electron chi connectivity index (χ0n) is 20.5. The molecule has 3 aromatic rings. The van der Waals surface area contributed by atoms with Gasteiger partial charge in [-0.15, -0.1) is 0 Å². The molecule has 0 radical (unpaired) electrons. The van der Waals surface area contributed by atoms with Crippen LogP contribution < -0.4 is 5.43 Å². The van der Waals surface area contributed by atoms with Crippen molar-refractivity contribution in [2.24, 2.45) is 0 Å². The molecular weight excluding hydrogens is 515 g/mol. The van der Waals surface area contributed by atoms with Crippen molar-refractivity contribution in [3.05, 3.63) is 79.5 Å². The molecule has 1 aromatic heterocycles. The second-order valence-electron chi connectivity index (χ2n) is 9.94. The van der Waals surface area contributed by atoms with Gasteiger partial charge in [-0.2, -0.15) is 5.10 Å². The molecule has 1 atom stereocenters. The quantitative estimate of drug-likeness (QED) is 0.342. The number of carbonyl (C=O) groups is 1. The SMILES string of the molecule is Cc1cc(-n2nc(C(=O)NN3CCCCC3)c3c2C(Cc2ccc(Cl)cc2)CCCC3)c(Cl)cc1Cl. The van der Waals surface area contributed by atoms with Crippen molar-refractivity contribution in [1.29, 1.82) is 0 Å². The van der Waals surface area contributed by atoms with E-state index in [1.165, 1.54) is 12.0 Å². The van der Waals surface area contributed by atoms with E-state index < -0.39 is 0 Å². The first-order valence-corrected chi connectivity index (χ1v) is 13.9. The number of benzene rings is 2. The molecule has 1 unspecified atom stereocenters.